The number of aryl methyl sites for hydroxylation is 2. The van der Waals surface area contributed by atoms with E-state index in [1.165, 1.54) is 22.3 Å². The van der Waals surface area contributed by atoms with E-state index in [2.05, 4.69) is 59.4 Å². The van der Waals surface area contributed by atoms with Gasteiger partial charge in [0.1, 0.15) is 0 Å². The Labute approximate surface area is 134 Å². The van der Waals surface area contributed by atoms with E-state index in [4.69, 9.17) is 11.6 Å². The predicted molar refractivity (Wildman–Crippen MR) is 90.6 cm³/mol. The van der Waals surface area contributed by atoms with Crippen LogP contribution in [0, 0.1) is 13.8 Å². The van der Waals surface area contributed by atoms with Gasteiger partial charge in [-0.1, -0.05) is 51.8 Å². The Morgan fingerprint density at radius 2 is 1.85 bits per heavy atom. The summed E-state index contributed by atoms with van der Waals surface area (Å²) in [5, 5.41) is 4.14. The summed E-state index contributed by atoms with van der Waals surface area (Å²) in [6, 6.07) is 12.9. The molecule has 0 aromatic heterocycles. The molecule has 1 unspecified atom stereocenters. The molecule has 106 valence electrons. The van der Waals surface area contributed by atoms with Gasteiger partial charge in [0.15, 0.2) is 0 Å². The molecule has 0 amide bonds. The maximum absolute atomic E-state index is 6.01. The van der Waals surface area contributed by atoms with E-state index in [9.17, 15) is 0 Å². The molecular weight excluding hydrogens is 334 g/mol. The second kappa shape index (κ2) is 6.75. The molecule has 2 aromatic carbocycles. The fourth-order valence-electron chi connectivity index (χ4n) is 2.32. The van der Waals surface area contributed by atoms with E-state index >= 15 is 0 Å². The molecule has 2 aromatic rings. The Bertz CT molecular complexity index is 610. The second-order valence-corrected chi connectivity index (χ2v) is 6.42. The van der Waals surface area contributed by atoms with E-state index in [1.807, 2.05) is 19.2 Å². The monoisotopic (exact) mass is 351 g/mol. The van der Waals surface area contributed by atoms with Crippen molar-refractivity contribution < 1.29 is 0 Å². The largest absolute Gasteiger partial charge is 0.313 e. The van der Waals surface area contributed by atoms with Crippen LogP contribution >= 0.6 is 27.5 Å². The first-order chi connectivity index (χ1) is 9.51. The third-order valence-electron chi connectivity index (χ3n) is 3.70. The SMILES string of the molecule is CNC(Cc1ccc(C)c(C)c1)c1ccc(Cl)cc1Br. The third-order valence-corrected chi connectivity index (χ3v) is 4.62. The van der Waals surface area contributed by atoms with Gasteiger partial charge in [-0.3, -0.25) is 0 Å². The lowest BCUT2D eigenvalue weighted by Crippen LogP contribution is -2.19. The standard InChI is InChI=1S/C17H19BrClN/c1-11-4-5-13(8-12(11)2)9-17(20-3)15-7-6-14(19)10-16(15)18/h4-8,10,17,20H,9H2,1-3H3. The van der Waals surface area contributed by atoms with Crippen LogP contribution in [0.4, 0.5) is 0 Å². The average Bonchev–Trinajstić information content (AvgIpc) is 2.41. The summed E-state index contributed by atoms with van der Waals surface area (Å²) >= 11 is 9.62. The smallest absolute Gasteiger partial charge is 0.0417 e. The van der Waals surface area contributed by atoms with Gasteiger partial charge in [0, 0.05) is 15.5 Å². The molecule has 1 atom stereocenters. The van der Waals surface area contributed by atoms with Crippen molar-refractivity contribution in [3.8, 4) is 0 Å². The zero-order valence-corrected chi connectivity index (χ0v) is 14.3. The van der Waals surface area contributed by atoms with Gasteiger partial charge in [-0.05, 0) is 61.7 Å². The summed E-state index contributed by atoms with van der Waals surface area (Å²) in [6.45, 7) is 4.30. The molecule has 1 nitrogen and oxygen atoms in total. The molecule has 0 aliphatic heterocycles. The van der Waals surface area contributed by atoms with Gasteiger partial charge in [-0.25, -0.2) is 0 Å². The van der Waals surface area contributed by atoms with Crippen molar-refractivity contribution in [3.05, 3.63) is 68.1 Å². The van der Waals surface area contributed by atoms with Crippen molar-refractivity contribution in [1.82, 2.24) is 5.32 Å². The molecule has 0 aliphatic rings. The normalized spacial score (nSPS) is 12.4. The number of likely N-dealkylation sites (N-methyl/N-ethyl adjacent to an activating group) is 1. The molecule has 20 heavy (non-hydrogen) atoms. The van der Waals surface area contributed by atoms with E-state index in [1.54, 1.807) is 0 Å². The van der Waals surface area contributed by atoms with Gasteiger partial charge in [-0.15, -0.1) is 0 Å². The molecule has 0 radical (unpaired) electrons. The Morgan fingerprint density at radius 3 is 2.45 bits per heavy atom. The lowest BCUT2D eigenvalue weighted by Gasteiger charge is -2.19. The minimum absolute atomic E-state index is 0.267. The van der Waals surface area contributed by atoms with Gasteiger partial charge >= 0.3 is 0 Å². The van der Waals surface area contributed by atoms with Crippen LogP contribution in [-0.4, -0.2) is 7.05 Å². The Morgan fingerprint density at radius 1 is 1.10 bits per heavy atom. The number of halogens is 2. The van der Waals surface area contributed by atoms with Crippen molar-refractivity contribution in [1.29, 1.82) is 0 Å². The molecule has 1 N–H and O–H groups in total. The van der Waals surface area contributed by atoms with Crippen LogP contribution in [0.25, 0.3) is 0 Å². The van der Waals surface area contributed by atoms with Gasteiger partial charge in [0.25, 0.3) is 0 Å². The number of benzene rings is 2. The molecule has 0 aliphatic carbocycles. The van der Waals surface area contributed by atoms with Crippen molar-refractivity contribution in [2.45, 2.75) is 26.3 Å². The number of hydrogen-bond donors (Lipinski definition) is 1. The lowest BCUT2D eigenvalue weighted by atomic mass is 9.96. The van der Waals surface area contributed by atoms with E-state index in [-0.39, 0.29) is 6.04 Å². The number of rotatable bonds is 4. The fraction of sp³-hybridized carbons (Fsp3) is 0.294. The van der Waals surface area contributed by atoms with Crippen LogP contribution in [0.2, 0.25) is 5.02 Å². The first kappa shape index (κ1) is 15.6. The van der Waals surface area contributed by atoms with Crippen LogP contribution in [0.3, 0.4) is 0 Å². The van der Waals surface area contributed by atoms with Crippen LogP contribution in [-0.2, 0) is 6.42 Å². The molecule has 0 saturated carbocycles. The molecule has 3 heteroatoms. The first-order valence-corrected chi connectivity index (χ1v) is 7.86. The Hall–Kier alpha value is -0.830. The predicted octanol–water partition coefficient (Wildman–Crippen LogP) is 5.22. The zero-order valence-electron chi connectivity index (χ0n) is 12.0. The first-order valence-electron chi connectivity index (χ1n) is 6.69. The third kappa shape index (κ3) is 3.63. The van der Waals surface area contributed by atoms with Gasteiger partial charge in [0.05, 0.1) is 0 Å². The molecule has 0 bridgehead atoms. The topological polar surface area (TPSA) is 12.0 Å². The fourth-order valence-corrected chi connectivity index (χ4v) is 3.28. The molecule has 2 rings (SSSR count). The summed E-state index contributed by atoms with van der Waals surface area (Å²) < 4.78 is 1.05. The summed E-state index contributed by atoms with van der Waals surface area (Å²) in [5.74, 6) is 0. The molecule has 0 saturated heterocycles. The lowest BCUT2D eigenvalue weighted by molar-refractivity contribution is 0.589. The molecular formula is C17H19BrClN. The zero-order chi connectivity index (χ0) is 14.7. The van der Waals surface area contributed by atoms with Crippen LogP contribution in [0.5, 0.6) is 0 Å². The van der Waals surface area contributed by atoms with Crippen molar-refractivity contribution in [2.24, 2.45) is 0 Å². The second-order valence-electron chi connectivity index (χ2n) is 5.13. The van der Waals surface area contributed by atoms with Gasteiger partial charge < -0.3 is 5.32 Å². The van der Waals surface area contributed by atoms with Gasteiger partial charge in [-0.2, -0.15) is 0 Å². The van der Waals surface area contributed by atoms with Crippen molar-refractivity contribution >= 4 is 27.5 Å². The molecule has 0 fully saturated rings. The minimum Gasteiger partial charge on any atom is -0.313 e. The highest BCUT2D eigenvalue weighted by molar-refractivity contribution is 9.10. The van der Waals surface area contributed by atoms with Crippen LogP contribution in [0.15, 0.2) is 40.9 Å². The van der Waals surface area contributed by atoms with Crippen LogP contribution in [0.1, 0.15) is 28.3 Å². The Kier molecular flexibility index (Phi) is 5.25. The molecule has 0 heterocycles. The average molecular weight is 353 g/mol. The number of hydrogen-bond acceptors (Lipinski definition) is 1. The van der Waals surface area contributed by atoms with Gasteiger partial charge in [0.2, 0.25) is 0 Å². The summed E-state index contributed by atoms with van der Waals surface area (Å²) in [7, 11) is 1.99. The summed E-state index contributed by atoms with van der Waals surface area (Å²) in [6.07, 6.45) is 0.956. The van der Waals surface area contributed by atoms with E-state index in [0.29, 0.717) is 0 Å². The van der Waals surface area contributed by atoms with Crippen molar-refractivity contribution in [3.63, 3.8) is 0 Å². The highest BCUT2D eigenvalue weighted by atomic mass is 79.9. The van der Waals surface area contributed by atoms with Crippen molar-refractivity contribution in [2.75, 3.05) is 7.05 Å². The highest BCUT2D eigenvalue weighted by Gasteiger charge is 2.14. The van der Waals surface area contributed by atoms with E-state index < -0.39 is 0 Å². The molecule has 0 spiro atoms. The maximum atomic E-state index is 6.01. The summed E-state index contributed by atoms with van der Waals surface area (Å²) in [4.78, 5) is 0. The van der Waals surface area contributed by atoms with E-state index in [0.717, 1.165) is 15.9 Å². The maximum Gasteiger partial charge on any atom is 0.0417 e. The number of nitrogens with one attached hydrogen (secondary N) is 1. The highest BCUT2D eigenvalue weighted by Crippen LogP contribution is 2.29. The van der Waals surface area contributed by atoms with Crippen LogP contribution < -0.4 is 5.32 Å². The quantitative estimate of drug-likeness (QED) is 0.795. The Balaban J connectivity index is 2.26. The summed E-state index contributed by atoms with van der Waals surface area (Å²) in [5.41, 5.74) is 5.25. The minimum atomic E-state index is 0.267.